The Morgan fingerprint density at radius 3 is 2.61 bits per heavy atom. The number of morpholine rings is 1. The lowest BCUT2D eigenvalue weighted by atomic mass is 10.1. The first-order valence-electron chi connectivity index (χ1n) is 9.87. The smallest absolute Gasteiger partial charge is 0.328 e. The number of sulfonamides is 1. The van der Waals surface area contributed by atoms with Gasteiger partial charge in [0.05, 0.1) is 28.6 Å². The molecule has 2 aromatic rings. The molecule has 1 aromatic carbocycles. The van der Waals surface area contributed by atoms with Gasteiger partial charge in [0, 0.05) is 39.3 Å². The molecule has 1 saturated carbocycles. The molecule has 0 radical (unpaired) electrons. The van der Waals surface area contributed by atoms with Crippen molar-refractivity contribution >= 4 is 21.1 Å². The Morgan fingerprint density at radius 1 is 1.11 bits per heavy atom. The minimum Gasteiger partial charge on any atom is -0.375 e. The fourth-order valence-electron chi connectivity index (χ4n) is 4.68. The van der Waals surface area contributed by atoms with Gasteiger partial charge in [-0.05, 0) is 43.4 Å². The van der Waals surface area contributed by atoms with Crippen LogP contribution in [0, 0.1) is 5.92 Å². The number of rotatable bonds is 4. The molecule has 2 saturated heterocycles. The summed E-state index contributed by atoms with van der Waals surface area (Å²) in [6.45, 7) is 2.33. The van der Waals surface area contributed by atoms with Gasteiger partial charge in [-0.15, -0.1) is 0 Å². The van der Waals surface area contributed by atoms with E-state index < -0.39 is 10.0 Å². The maximum atomic E-state index is 13.0. The number of ether oxygens (including phenoxy) is 1. The van der Waals surface area contributed by atoms with Crippen molar-refractivity contribution in [1.82, 2.24) is 18.8 Å². The molecule has 1 N–H and O–H groups in total. The highest BCUT2D eigenvalue weighted by atomic mass is 32.2. The van der Waals surface area contributed by atoms with Gasteiger partial charge in [-0.1, -0.05) is 0 Å². The zero-order chi connectivity index (χ0) is 19.6. The summed E-state index contributed by atoms with van der Waals surface area (Å²) in [4.78, 5) is 14.7. The highest BCUT2D eigenvalue weighted by Gasteiger charge is 2.43. The lowest BCUT2D eigenvalue weighted by Gasteiger charge is -2.35. The van der Waals surface area contributed by atoms with E-state index in [1.165, 1.54) is 22.0 Å². The SMILES string of the molecule is Cn1c(=O)n(C)c2cc(S(=O)(=O)N[C@H]3C[C@H]4CO[C@@H](C5CC5)CN4C3)ccc21. The molecule has 3 heterocycles. The quantitative estimate of drug-likeness (QED) is 0.795. The monoisotopic (exact) mass is 406 g/mol. The van der Waals surface area contributed by atoms with Crippen molar-refractivity contribution in [2.24, 2.45) is 20.0 Å². The average molecular weight is 407 g/mol. The molecule has 0 amide bonds. The van der Waals surface area contributed by atoms with Crippen molar-refractivity contribution in [1.29, 1.82) is 0 Å². The van der Waals surface area contributed by atoms with Crippen molar-refractivity contribution in [2.75, 3.05) is 19.7 Å². The van der Waals surface area contributed by atoms with Gasteiger partial charge in [-0.3, -0.25) is 14.0 Å². The van der Waals surface area contributed by atoms with Gasteiger partial charge >= 0.3 is 5.69 Å². The molecule has 152 valence electrons. The van der Waals surface area contributed by atoms with Crippen molar-refractivity contribution < 1.29 is 13.2 Å². The molecule has 3 atom stereocenters. The van der Waals surface area contributed by atoms with E-state index in [4.69, 9.17) is 4.74 Å². The standard InChI is InChI=1S/C19H26N4O4S/c1-21-16-6-5-15(8-17(16)22(2)19(21)24)28(25,26)20-13-7-14-11-27-18(12-3-4-12)10-23(14)9-13/h5-6,8,12-14,18,20H,3-4,7,9-11H2,1-2H3/t13-,14-,18+/m0/s1. The van der Waals surface area contributed by atoms with Crippen LogP contribution in [0.2, 0.25) is 0 Å². The normalized spacial score (nSPS) is 28.7. The van der Waals surface area contributed by atoms with Gasteiger partial charge < -0.3 is 4.74 Å². The van der Waals surface area contributed by atoms with Crippen LogP contribution < -0.4 is 10.4 Å². The van der Waals surface area contributed by atoms with E-state index >= 15 is 0 Å². The summed E-state index contributed by atoms with van der Waals surface area (Å²) >= 11 is 0. The molecule has 3 fully saturated rings. The number of aryl methyl sites for hydroxylation is 2. The Balaban J connectivity index is 1.34. The molecular formula is C19H26N4O4S. The Kier molecular flexibility index (Phi) is 4.20. The second kappa shape index (κ2) is 6.41. The first-order valence-corrected chi connectivity index (χ1v) is 11.4. The zero-order valence-electron chi connectivity index (χ0n) is 16.2. The van der Waals surface area contributed by atoms with Crippen molar-refractivity contribution in [2.45, 2.75) is 42.3 Å². The van der Waals surface area contributed by atoms with Crippen LogP contribution in [0.15, 0.2) is 27.9 Å². The number of hydrogen-bond donors (Lipinski definition) is 1. The van der Waals surface area contributed by atoms with Crippen LogP contribution in [0.25, 0.3) is 11.0 Å². The minimum atomic E-state index is -3.66. The van der Waals surface area contributed by atoms with Gasteiger partial charge in [-0.2, -0.15) is 0 Å². The summed E-state index contributed by atoms with van der Waals surface area (Å²) in [6.07, 6.45) is 3.59. The fraction of sp³-hybridized carbons (Fsp3) is 0.632. The predicted octanol–water partition coefficient (Wildman–Crippen LogP) is 0.407. The first kappa shape index (κ1) is 18.4. The van der Waals surface area contributed by atoms with Crippen LogP contribution in [0.4, 0.5) is 0 Å². The highest BCUT2D eigenvalue weighted by Crippen LogP contribution is 2.38. The Hall–Kier alpha value is -1.68. The van der Waals surface area contributed by atoms with E-state index in [0.717, 1.165) is 19.5 Å². The van der Waals surface area contributed by atoms with Crippen LogP contribution in [0.5, 0.6) is 0 Å². The summed E-state index contributed by atoms with van der Waals surface area (Å²) in [5.74, 6) is 0.695. The van der Waals surface area contributed by atoms with Crippen LogP contribution >= 0.6 is 0 Å². The molecule has 0 spiro atoms. The van der Waals surface area contributed by atoms with Crippen LogP contribution in [-0.4, -0.2) is 60.3 Å². The van der Waals surface area contributed by atoms with Gasteiger partial charge in [-0.25, -0.2) is 17.9 Å². The molecule has 28 heavy (non-hydrogen) atoms. The molecule has 2 aliphatic heterocycles. The van der Waals surface area contributed by atoms with Gasteiger partial charge in [0.25, 0.3) is 0 Å². The molecule has 1 aliphatic carbocycles. The van der Waals surface area contributed by atoms with E-state index in [9.17, 15) is 13.2 Å². The Morgan fingerprint density at radius 2 is 1.86 bits per heavy atom. The number of benzene rings is 1. The topological polar surface area (TPSA) is 85.6 Å². The molecular weight excluding hydrogens is 380 g/mol. The van der Waals surface area contributed by atoms with E-state index in [1.807, 2.05) is 0 Å². The van der Waals surface area contributed by atoms with Crippen molar-refractivity contribution in [3.63, 3.8) is 0 Å². The molecule has 9 heteroatoms. The van der Waals surface area contributed by atoms with Gasteiger partial charge in [0.1, 0.15) is 0 Å². The first-order chi connectivity index (χ1) is 13.3. The second-order valence-electron chi connectivity index (χ2n) is 8.42. The second-order valence-corrected chi connectivity index (χ2v) is 10.1. The fourth-order valence-corrected chi connectivity index (χ4v) is 5.94. The van der Waals surface area contributed by atoms with E-state index in [1.54, 1.807) is 32.3 Å². The number of hydrogen-bond acceptors (Lipinski definition) is 5. The van der Waals surface area contributed by atoms with Crippen LogP contribution in [0.3, 0.4) is 0 Å². The third kappa shape index (κ3) is 3.01. The van der Waals surface area contributed by atoms with Crippen molar-refractivity contribution in [3.8, 4) is 0 Å². The zero-order valence-corrected chi connectivity index (χ0v) is 17.0. The highest BCUT2D eigenvalue weighted by molar-refractivity contribution is 7.89. The van der Waals surface area contributed by atoms with Crippen molar-refractivity contribution in [3.05, 3.63) is 28.7 Å². The third-order valence-corrected chi connectivity index (χ3v) is 7.99. The number of nitrogens with one attached hydrogen (secondary N) is 1. The lowest BCUT2D eigenvalue weighted by Crippen LogP contribution is -2.47. The molecule has 3 aliphatic rings. The largest absolute Gasteiger partial charge is 0.375 e. The summed E-state index contributed by atoms with van der Waals surface area (Å²) in [6, 6.07) is 5.01. The number of nitrogens with zero attached hydrogens (tertiary/aromatic N) is 3. The number of fused-ring (bicyclic) bond motifs is 2. The van der Waals surface area contributed by atoms with E-state index in [-0.39, 0.29) is 16.6 Å². The summed E-state index contributed by atoms with van der Waals surface area (Å²) in [5, 5.41) is 0. The van der Waals surface area contributed by atoms with Crippen LogP contribution in [0.1, 0.15) is 19.3 Å². The number of imidazole rings is 1. The summed E-state index contributed by atoms with van der Waals surface area (Å²) in [7, 11) is -0.322. The molecule has 8 nitrogen and oxygen atoms in total. The number of aromatic nitrogens is 2. The lowest BCUT2D eigenvalue weighted by molar-refractivity contribution is -0.0581. The molecule has 0 bridgehead atoms. The molecule has 0 unspecified atom stereocenters. The maximum Gasteiger partial charge on any atom is 0.328 e. The van der Waals surface area contributed by atoms with Gasteiger partial charge in [0.2, 0.25) is 10.0 Å². The summed E-state index contributed by atoms with van der Waals surface area (Å²) in [5.41, 5.74) is 1.16. The van der Waals surface area contributed by atoms with E-state index in [2.05, 4.69) is 9.62 Å². The minimum absolute atomic E-state index is 0.119. The molecule has 1 aromatic heterocycles. The van der Waals surface area contributed by atoms with Gasteiger partial charge in [0.15, 0.2) is 0 Å². The van der Waals surface area contributed by atoms with Crippen LogP contribution in [-0.2, 0) is 28.9 Å². The Bertz CT molecular complexity index is 1090. The summed E-state index contributed by atoms with van der Waals surface area (Å²) < 4.78 is 37.8. The molecule has 5 rings (SSSR count). The average Bonchev–Trinajstić information content (AvgIpc) is 3.41. The third-order valence-electron chi connectivity index (χ3n) is 6.47. The van der Waals surface area contributed by atoms with E-state index in [0.29, 0.717) is 35.7 Å². The maximum absolute atomic E-state index is 13.0. The predicted molar refractivity (Wildman–Crippen MR) is 105 cm³/mol. The Labute approximate surface area is 164 Å².